The minimum absolute atomic E-state index is 0.658. The SMILES string of the molecule is N#CSNCCNCCN. The van der Waals surface area contributed by atoms with E-state index in [1.807, 2.05) is 5.40 Å². The van der Waals surface area contributed by atoms with E-state index in [2.05, 4.69) is 10.0 Å². The quantitative estimate of drug-likeness (QED) is 0.271. The first-order chi connectivity index (χ1) is 4.91. The van der Waals surface area contributed by atoms with Crippen molar-refractivity contribution < 1.29 is 0 Å². The lowest BCUT2D eigenvalue weighted by Gasteiger charge is -2.00. The van der Waals surface area contributed by atoms with Gasteiger partial charge in [-0.25, -0.2) is 0 Å². The maximum Gasteiger partial charge on any atom is 0.149 e. The molecule has 0 aromatic heterocycles. The number of nitrogens with zero attached hydrogens (tertiary/aromatic N) is 1. The van der Waals surface area contributed by atoms with E-state index in [9.17, 15) is 0 Å². The third kappa shape index (κ3) is 7.72. The average molecular weight is 160 g/mol. The number of thiocyanates is 1. The molecule has 10 heavy (non-hydrogen) atoms. The Labute approximate surface area is 65.3 Å². The van der Waals surface area contributed by atoms with Gasteiger partial charge in [0.2, 0.25) is 0 Å². The molecule has 4 nitrogen and oxygen atoms in total. The van der Waals surface area contributed by atoms with Gasteiger partial charge in [-0.2, -0.15) is 5.26 Å². The minimum Gasteiger partial charge on any atom is -0.329 e. The Morgan fingerprint density at radius 3 is 2.80 bits per heavy atom. The van der Waals surface area contributed by atoms with Crippen molar-refractivity contribution in [2.45, 2.75) is 0 Å². The summed E-state index contributed by atoms with van der Waals surface area (Å²) in [5, 5.41) is 13.1. The van der Waals surface area contributed by atoms with Gasteiger partial charge >= 0.3 is 0 Å². The lowest BCUT2D eigenvalue weighted by atomic mass is 10.6. The fourth-order valence-electron chi connectivity index (χ4n) is 0.450. The lowest BCUT2D eigenvalue weighted by Crippen LogP contribution is -2.28. The van der Waals surface area contributed by atoms with Gasteiger partial charge in [0.15, 0.2) is 0 Å². The maximum absolute atomic E-state index is 8.08. The molecule has 58 valence electrons. The number of nitrogens with two attached hydrogens (primary N) is 1. The van der Waals surface area contributed by atoms with Crippen LogP contribution in [0, 0.1) is 10.7 Å². The maximum atomic E-state index is 8.08. The van der Waals surface area contributed by atoms with E-state index in [-0.39, 0.29) is 0 Å². The van der Waals surface area contributed by atoms with Crippen molar-refractivity contribution in [2.24, 2.45) is 5.73 Å². The Bertz CT molecular complexity index is 100. The van der Waals surface area contributed by atoms with Crippen molar-refractivity contribution in [3.05, 3.63) is 0 Å². The second-order valence-electron chi connectivity index (χ2n) is 1.63. The molecule has 0 fully saturated rings. The van der Waals surface area contributed by atoms with Crippen molar-refractivity contribution in [1.82, 2.24) is 10.0 Å². The monoisotopic (exact) mass is 160 g/mol. The highest BCUT2D eigenvalue weighted by molar-refractivity contribution is 8.01. The molecule has 4 N–H and O–H groups in total. The molecule has 5 heteroatoms. The van der Waals surface area contributed by atoms with Crippen molar-refractivity contribution in [2.75, 3.05) is 26.2 Å². The molecule has 0 saturated carbocycles. The zero-order chi connectivity index (χ0) is 7.66. The topological polar surface area (TPSA) is 73.9 Å². The summed E-state index contributed by atoms with van der Waals surface area (Å²) in [6.07, 6.45) is 0. The van der Waals surface area contributed by atoms with E-state index in [0.29, 0.717) is 6.54 Å². The molecule has 0 heterocycles. The van der Waals surface area contributed by atoms with Crippen molar-refractivity contribution in [3.8, 4) is 5.40 Å². The van der Waals surface area contributed by atoms with Crippen LogP contribution in [0.2, 0.25) is 0 Å². The van der Waals surface area contributed by atoms with Gasteiger partial charge in [-0.3, -0.25) is 4.72 Å². The highest BCUT2D eigenvalue weighted by atomic mass is 32.2. The molecule has 0 bridgehead atoms. The van der Waals surface area contributed by atoms with Crippen LogP contribution >= 0.6 is 11.9 Å². The molecule has 0 aromatic rings. The van der Waals surface area contributed by atoms with Gasteiger partial charge in [0.1, 0.15) is 5.40 Å². The summed E-state index contributed by atoms with van der Waals surface area (Å²) in [4.78, 5) is 0. The highest BCUT2D eigenvalue weighted by Crippen LogP contribution is 1.82. The Balaban J connectivity index is 2.72. The molecule has 0 spiro atoms. The van der Waals surface area contributed by atoms with Crippen molar-refractivity contribution in [1.29, 1.82) is 5.26 Å². The van der Waals surface area contributed by atoms with Gasteiger partial charge in [-0.1, -0.05) is 0 Å². The van der Waals surface area contributed by atoms with Crippen LogP contribution in [0.4, 0.5) is 0 Å². The summed E-state index contributed by atoms with van der Waals surface area (Å²) in [5.41, 5.74) is 5.23. The Hall–Kier alpha value is -0.280. The standard InChI is InChI=1S/C5H12N4S/c6-1-2-8-3-4-9-10-5-7/h8-9H,1-4,6H2. The van der Waals surface area contributed by atoms with Crippen molar-refractivity contribution in [3.63, 3.8) is 0 Å². The fraction of sp³-hybridized carbons (Fsp3) is 0.800. The van der Waals surface area contributed by atoms with Crippen LogP contribution in [0.15, 0.2) is 0 Å². The second-order valence-corrected chi connectivity index (χ2v) is 2.30. The molecule has 0 unspecified atom stereocenters. The molecule has 0 amide bonds. The molecule has 0 aliphatic carbocycles. The minimum atomic E-state index is 0.658. The first-order valence-corrected chi connectivity index (χ1v) is 3.92. The number of hydrogen-bond donors (Lipinski definition) is 3. The number of nitrogens with one attached hydrogen (secondary N) is 2. The molecule has 0 radical (unpaired) electrons. The summed E-state index contributed by atoms with van der Waals surface area (Å²) in [6, 6.07) is 0. The highest BCUT2D eigenvalue weighted by Gasteiger charge is 1.84. The van der Waals surface area contributed by atoms with Crippen LogP contribution in [0.25, 0.3) is 0 Å². The molecule has 0 rings (SSSR count). The summed E-state index contributed by atoms with van der Waals surface area (Å²) >= 11 is 1.05. The third-order valence-corrected chi connectivity index (χ3v) is 1.28. The van der Waals surface area contributed by atoms with E-state index in [4.69, 9.17) is 11.0 Å². The van der Waals surface area contributed by atoms with Crippen LogP contribution in [0.1, 0.15) is 0 Å². The van der Waals surface area contributed by atoms with Gasteiger partial charge in [0.05, 0.1) is 0 Å². The van der Waals surface area contributed by atoms with Crippen LogP contribution in [-0.2, 0) is 0 Å². The van der Waals surface area contributed by atoms with E-state index >= 15 is 0 Å². The average Bonchev–Trinajstić information content (AvgIpc) is 1.97. The number of nitriles is 1. The summed E-state index contributed by atoms with van der Waals surface area (Å²) in [6.45, 7) is 3.13. The van der Waals surface area contributed by atoms with E-state index in [1.54, 1.807) is 0 Å². The van der Waals surface area contributed by atoms with Gasteiger partial charge < -0.3 is 11.1 Å². The molecule has 0 atom stereocenters. The zero-order valence-corrected chi connectivity index (χ0v) is 6.58. The van der Waals surface area contributed by atoms with Crippen LogP contribution < -0.4 is 15.8 Å². The first kappa shape index (κ1) is 9.72. The predicted octanol–water partition coefficient (Wildman–Crippen LogP) is -0.746. The number of rotatable bonds is 6. The molecule has 0 aromatic carbocycles. The molecule has 0 aliphatic rings. The second kappa shape index (κ2) is 8.72. The van der Waals surface area contributed by atoms with Gasteiger partial charge in [-0.05, 0) is 0 Å². The Morgan fingerprint density at radius 2 is 2.20 bits per heavy atom. The zero-order valence-electron chi connectivity index (χ0n) is 5.76. The summed E-state index contributed by atoms with van der Waals surface area (Å²) < 4.78 is 2.85. The first-order valence-electron chi connectivity index (χ1n) is 3.10. The molecule has 0 aliphatic heterocycles. The van der Waals surface area contributed by atoms with E-state index in [0.717, 1.165) is 31.6 Å². The summed E-state index contributed by atoms with van der Waals surface area (Å²) in [5.74, 6) is 0. The Morgan fingerprint density at radius 1 is 1.40 bits per heavy atom. The van der Waals surface area contributed by atoms with Crippen molar-refractivity contribution >= 4 is 11.9 Å². The lowest BCUT2D eigenvalue weighted by molar-refractivity contribution is 0.684. The van der Waals surface area contributed by atoms with Crippen LogP contribution in [-0.4, -0.2) is 26.2 Å². The van der Waals surface area contributed by atoms with E-state index in [1.165, 1.54) is 0 Å². The predicted molar refractivity (Wildman–Crippen MR) is 43.1 cm³/mol. The molecular weight excluding hydrogens is 148 g/mol. The third-order valence-electron chi connectivity index (χ3n) is 0.843. The van der Waals surface area contributed by atoms with Gasteiger partial charge in [0.25, 0.3) is 0 Å². The Kier molecular flexibility index (Phi) is 8.48. The van der Waals surface area contributed by atoms with Crippen LogP contribution in [0.3, 0.4) is 0 Å². The van der Waals surface area contributed by atoms with E-state index < -0.39 is 0 Å². The normalized spacial score (nSPS) is 9.20. The molecular formula is C5H12N4S. The fourth-order valence-corrected chi connectivity index (χ4v) is 0.718. The number of hydrogen-bond acceptors (Lipinski definition) is 5. The summed E-state index contributed by atoms with van der Waals surface area (Å²) in [7, 11) is 0. The smallest absolute Gasteiger partial charge is 0.149 e. The van der Waals surface area contributed by atoms with Gasteiger partial charge in [-0.15, -0.1) is 0 Å². The molecule has 0 saturated heterocycles. The van der Waals surface area contributed by atoms with Gasteiger partial charge in [0, 0.05) is 38.1 Å². The largest absolute Gasteiger partial charge is 0.329 e. The van der Waals surface area contributed by atoms with Crippen LogP contribution in [0.5, 0.6) is 0 Å².